The third-order valence-electron chi connectivity index (χ3n) is 3.21. The molecule has 0 aliphatic rings. The third-order valence-corrected chi connectivity index (χ3v) is 3.52. The van der Waals surface area contributed by atoms with E-state index in [9.17, 15) is 5.11 Å². The van der Waals surface area contributed by atoms with Crippen LogP contribution in [0.15, 0.2) is 18.2 Å². The van der Waals surface area contributed by atoms with Crippen molar-refractivity contribution in [3.8, 4) is 5.75 Å². The van der Waals surface area contributed by atoms with Crippen molar-refractivity contribution in [3.05, 3.63) is 40.4 Å². The van der Waals surface area contributed by atoms with Crippen molar-refractivity contribution in [2.45, 2.75) is 39.7 Å². The summed E-state index contributed by atoms with van der Waals surface area (Å²) >= 11 is 6.12. The van der Waals surface area contributed by atoms with E-state index in [2.05, 4.69) is 22.2 Å². The summed E-state index contributed by atoms with van der Waals surface area (Å²) in [6, 6.07) is 5.42. The number of hydrogen-bond donors (Lipinski definition) is 3. The molecule has 5 heteroatoms. The molecule has 108 valence electrons. The molecule has 0 saturated carbocycles. The number of halogens is 1. The van der Waals surface area contributed by atoms with E-state index in [1.807, 2.05) is 19.1 Å². The second-order valence-corrected chi connectivity index (χ2v) is 5.27. The molecule has 3 N–H and O–H groups in total. The zero-order valence-corrected chi connectivity index (χ0v) is 12.6. The van der Waals surface area contributed by atoms with E-state index in [-0.39, 0.29) is 0 Å². The number of unbranched alkanes of at least 4 members (excludes halogenated alkanes) is 1. The molecule has 0 amide bonds. The quantitative estimate of drug-likeness (QED) is 0.705. The van der Waals surface area contributed by atoms with E-state index in [0.29, 0.717) is 17.4 Å². The van der Waals surface area contributed by atoms with Gasteiger partial charge in [0.25, 0.3) is 0 Å². The Morgan fingerprint density at radius 1 is 1.40 bits per heavy atom. The SMILES string of the molecule is CCCCc1nc(Cl)c(CNc2ccc(O)c(C)c2)[nH]1. The van der Waals surface area contributed by atoms with Gasteiger partial charge in [-0.05, 0) is 37.1 Å². The van der Waals surface area contributed by atoms with Gasteiger partial charge in [-0.2, -0.15) is 0 Å². The number of anilines is 1. The molecule has 0 atom stereocenters. The van der Waals surface area contributed by atoms with Gasteiger partial charge in [-0.1, -0.05) is 24.9 Å². The molecular weight excluding hydrogens is 274 g/mol. The van der Waals surface area contributed by atoms with Crippen molar-refractivity contribution < 1.29 is 5.11 Å². The first-order valence-corrected chi connectivity index (χ1v) is 7.24. The van der Waals surface area contributed by atoms with E-state index in [0.717, 1.165) is 42.0 Å². The van der Waals surface area contributed by atoms with Gasteiger partial charge in [0.2, 0.25) is 0 Å². The Morgan fingerprint density at radius 3 is 2.90 bits per heavy atom. The van der Waals surface area contributed by atoms with Crippen molar-refractivity contribution in [2.75, 3.05) is 5.32 Å². The Bertz CT molecular complexity index is 580. The summed E-state index contributed by atoms with van der Waals surface area (Å²) < 4.78 is 0. The van der Waals surface area contributed by atoms with Gasteiger partial charge in [-0.15, -0.1) is 0 Å². The number of nitrogens with one attached hydrogen (secondary N) is 2. The number of aromatic nitrogens is 2. The van der Waals surface area contributed by atoms with Gasteiger partial charge in [0.1, 0.15) is 11.6 Å². The number of benzene rings is 1. The summed E-state index contributed by atoms with van der Waals surface area (Å²) in [6.45, 7) is 4.61. The minimum Gasteiger partial charge on any atom is -0.508 e. The lowest BCUT2D eigenvalue weighted by atomic mass is 10.2. The van der Waals surface area contributed by atoms with Crippen molar-refractivity contribution in [2.24, 2.45) is 0 Å². The number of hydrogen-bond acceptors (Lipinski definition) is 3. The molecule has 2 aromatic rings. The van der Waals surface area contributed by atoms with Crippen molar-refractivity contribution in [1.29, 1.82) is 0 Å². The highest BCUT2D eigenvalue weighted by Gasteiger charge is 2.08. The molecule has 0 aliphatic heterocycles. The van der Waals surface area contributed by atoms with Gasteiger partial charge in [0.05, 0.1) is 12.2 Å². The highest BCUT2D eigenvalue weighted by molar-refractivity contribution is 6.30. The summed E-state index contributed by atoms with van der Waals surface area (Å²) in [6.07, 6.45) is 3.17. The van der Waals surface area contributed by atoms with Crippen molar-refractivity contribution >= 4 is 17.3 Å². The van der Waals surface area contributed by atoms with Gasteiger partial charge in [0, 0.05) is 12.1 Å². The lowest BCUT2D eigenvalue weighted by Crippen LogP contribution is -2.00. The van der Waals surface area contributed by atoms with Crippen LogP contribution in [0.5, 0.6) is 5.75 Å². The molecular formula is C15H20ClN3O. The van der Waals surface area contributed by atoms with E-state index in [4.69, 9.17) is 11.6 Å². The lowest BCUT2D eigenvalue weighted by molar-refractivity contribution is 0.471. The first kappa shape index (κ1) is 14.7. The number of nitrogens with zero attached hydrogens (tertiary/aromatic N) is 1. The predicted octanol–water partition coefficient (Wildman–Crippen LogP) is 4.03. The third kappa shape index (κ3) is 3.67. The van der Waals surface area contributed by atoms with Crippen LogP contribution in [0.4, 0.5) is 5.69 Å². The zero-order valence-electron chi connectivity index (χ0n) is 11.8. The highest BCUT2D eigenvalue weighted by Crippen LogP contribution is 2.21. The molecule has 4 nitrogen and oxygen atoms in total. The van der Waals surface area contributed by atoms with Crippen molar-refractivity contribution in [3.63, 3.8) is 0 Å². The van der Waals surface area contributed by atoms with E-state index in [1.54, 1.807) is 6.07 Å². The van der Waals surface area contributed by atoms with Gasteiger partial charge in [-0.25, -0.2) is 4.98 Å². The fraction of sp³-hybridized carbons (Fsp3) is 0.400. The minimum atomic E-state index is 0.303. The summed E-state index contributed by atoms with van der Waals surface area (Å²) in [4.78, 5) is 7.58. The topological polar surface area (TPSA) is 60.9 Å². The number of phenolic OH excluding ortho intramolecular Hbond substituents is 1. The number of aryl methyl sites for hydroxylation is 2. The van der Waals surface area contributed by atoms with Crippen LogP contribution in [0.25, 0.3) is 0 Å². The standard InChI is InChI=1S/C15H20ClN3O/c1-3-4-5-14-18-12(15(16)19-14)9-17-11-6-7-13(20)10(2)8-11/h6-8,17,20H,3-5,9H2,1-2H3,(H,18,19). The Balaban J connectivity index is 1.99. The molecule has 1 heterocycles. The van der Waals surface area contributed by atoms with Crippen LogP contribution in [-0.2, 0) is 13.0 Å². The Hall–Kier alpha value is -1.68. The number of phenols is 1. The van der Waals surface area contributed by atoms with Crippen LogP contribution in [0.3, 0.4) is 0 Å². The highest BCUT2D eigenvalue weighted by atomic mass is 35.5. The summed E-state index contributed by atoms with van der Waals surface area (Å²) in [5, 5.41) is 13.3. The first-order chi connectivity index (χ1) is 9.60. The minimum absolute atomic E-state index is 0.303. The largest absolute Gasteiger partial charge is 0.508 e. The second kappa shape index (κ2) is 6.66. The molecule has 2 rings (SSSR count). The first-order valence-electron chi connectivity index (χ1n) is 6.87. The maximum absolute atomic E-state index is 9.49. The lowest BCUT2D eigenvalue weighted by Gasteiger charge is -2.07. The van der Waals surface area contributed by atoms with Crippen LogP contribution < -0.4 is 5.32 Å². The molecule has 0 saturated heterocycles. The normalized spacial score (nSPS) is 10.8. The predicted molar refractivity (Wildman–Crippen MR) is 82.4 cm³/mol. The van der Waals surface area contributed by atoms with Gasteiger partial charge < -0.3 is 15.4 Å². The van der Waals surface area contributed by atoms with Crippen molar-refractivity contribution in [1.82, 2.24) is 9.97 Å². The summed E-state index contributed by atoms with van der Waals surface area (Å²) in [5.74, 6) is 1.24. The van der Waals surface area contributed by atoms with Gasteiger partial charge in [-0.3, -0.25) is 0 Å². The van der Waals surface area contributed by atoms with E-state index < -0.39 is 0 Å². The molecule has 0 aliphatic carbocycles. The number of aromatic amines is 1. The number of imidazole rings is 1. The monoisotopic (exact) mass is 293 g/mol. The Labute approximate surface area is 124 Å². The smallest absolute Gasteiger partial charge is 0.152 e. The number of aromatic hydroxyl groups is 1. The average Bonchev–Trinajstić information content (AvgIpc) is 2.78. The van der Waals surface area contributed by atoms with E-state index >= 15 is 0 Å². The Kier molecular flexibility index (Phi) is 4.90. The molecule has 0 bridgehead atoms. The Morgan fingerprint density at radius 2 is 2.20 bits per heavy atom. The molecule has 0 unspecified atom stereocenters. The van der Waals surface area contributed by atoms with E-state index in [1.165, 1.54) is 0 Å². The maximum Gasteiger partial charge on any atom is 0.152 e. The van der Waals surface area contributed by atoms with Crippen LogP contribution in [0.1, 0.15) is 36.8 Å². The molecule has 20 heavy (non-hydrogen) atoms. The van der Waals surface area contributed by atoms with Crippen LogP contribution >= 0.6 is 11.6 Å². The molecule has 0 radical (unpaired) electrons. The van der Waals surface area contributed by atoms with Gasteiger partial charge in [0.15, 0.2) is 5.15 Å². The zero-order chi connectivity index (χ0) is 14.5. The maximum atomic E-state index is 9.49. The summed E-state index contributed by atoms with van der Waals surface area (Å²) in [7, 11) is 0. The average molecular weight is 294 g/mol. The fourth-order valence-corrected chi connectivity index (χ4v) is 2.19. The molecule has 1 aromatic heterocycles. The second-order valence-electron chi connectivity index (χ2n) is 4.91. The van der Waals surface area contributed by atoms with Crippen LogP contribution in [0, 0.1) is 6.92 Å². The molecule has 0 spiro atoms. The fourth-order valence-electron chi connectivity index (χ4n) is 1.98. The summed E-state index contributed by atoms with van der Waals surface area (Å²) in [5.41, 5.74) is 2.68. The molecule has 1 aromatic carbocycles. The van der Waals surface area contributed by atoms with Crippen LogP contribution in [0.2, 0.25) is 5.15 Å². The molecule has 0 fully saturated rings. The van der Waals surface area contributed by atoms with Gasteiger partial charge >= 0.3 is 0 Å². The van der Waals surface area contributed by atoms with Crippen LogP contribution in [-0.4, -0.2) is 15.1 Å². The number of H-pyrrole nitrogens is 1. The number of rotatable bonds is 6.